The number of hydrogen-bond donors (Lipinski definition) is 0. The van der Waals surface area contributed by atoms with E-state index in [1.807, 2.05) is 42.5 Å². The van der Waals surface area contributed by atoms with Gasteiger partial charge in [-0.15, -0.1) is 0 Å². The Kier molecular flexibility index (Phi) is 2.53. The Hall–Kier alpha value is -1.87. The number of fused-ring (bicyclic) bond motifs is 1. The van der Waals surface area contributed by atoms with Gasteiger partial charge >= 0.3 is 0 Å². The van der Waals surface area contributed by atoms with E-state index in [-0.39, 0.29) is 0 Å². The molecule has 1 heterocycles. The predicted octanol–water partition coefficient (Wildman–Crippen LogP) is 4.04. The zero-order chi connectivity index (χ0) is 11.7. The van der Waals surface area contributed by atoms with Gasteiger partial charge in [-0.25, -0.2) is 4.99 Å². The van der Waals surface area contributed by atoms with E-state index in [4.69, 9.17) is 4.42 Å². The van der Waals surface area contributed by atoms with Gasteiger partial charge in [0.1, 0.15) is 5.58 Å². The smallest absolute Gasteiger partial charge is 0.279 e. The summed E-state index contributed by atoms with van der Waals surface area (Å²) in [4.78, 5) is 5.15. The molecule has 1 aromatic heterocycles. The zero-order valence-corrected chi connectivity index (χ0v) is 10.2. The molecule has 0 radical (unpaired) electrons. The van der Waals surface area contributed by atoms with Gasteiger partial charge in [0.15, 0.2) is 0 Å². The van der Waals surface area contributed by atoms with Crippen LogP contribution in [0.5, 0.6) is 0 Å². The summed E-state index contributed by atoms with van der Waals surface area (Å²) in [6, 6.07) is 16.0. The molecule has 2 nitrogen and oxygen atoms in total. The van der Waals surface area contributed by atoms with E-state index < -0.39 is 0 Å². The van der Waals surface area contributed by atoms with Crippen LogP contribution >= 0.6 is 11.3 Å². The Morgan fingerprint density at radius 1 is 1.06 bits per heavy atom. The Labute approximate surface area is 103 Å². The Bertz CT molecular complexity index is 710. The largest absolute Gasteiger partial charge is 0.429 e. The second-order valence-corrected chi connectivity index (χ2v) is 4.86. The van der Waals surface area contributed by atoms with Crippen molar-refractivity contribution >= 4 is 27.3 Å². The number of nitrogens with zero attached hydrogens (tertiary/aromatic N) is 1. The third-order valence-electron chi connectivity index (χ3n) is 2.47. The van der Waals surface area contributed by atoms with Gasteiger partial charge < -0.3 is 4.42 Å². The minimum Gasteiger partial charge on any atom is -0.429 e. The van der Waals surface area contributed by atoms with Crippen LogP contribution in [-0.2, 0) is 0 Å². The van der Waals surface area contributed by atoms with Crippen LogP contribution in [0.15, 0.2) is 57.9 Å². The molecule has 3 aromatic rings. The highest BCUT2D eigenvalue weighted by Crippen LogP contribution is 2.19. The number of para-hydroxylation sites is 1. The molecule has 0 spiro atoms. The minimum atomic E-state index is 0.691. The van der Waals surface area contributed by atoms with Crippen molar-refractivity contribution in [2.45, 2.75) is 6.92 Å². The second kappa shape index (κ2) is 4.18. The Balaban J connectivity index is 2.15. The first-order valence-electron chi connectivity index (χ1n) is 5.41. The van der Waals surface area contributed by atoms with Gasteiger partial charge in [0.05, 0.1) is 10.4 Å². The molecule has 0 aliphatic rings. The second-order valence-electron chi connectivity index (χ2n) is 3.87. The van der Waals surface area contributed by atoms with E-state index in [0.29, 0.717) is 4.87 Å². The van der Waals surface area contributed by atoms with Crippen LogP contribution in [0.1, 0.15) is 5.56 Å². The molecule has 0 bridgehead atoms. The fraction of sp³-hybridized carbons (Fsp3) is 0.0714. The molecule has 3 heteroatoms. The highest BCUT2D eigenvalue weighted by molar-refractivity contribution is 7.16. The first-order valence-corrected chi connectivity index (χ1v) is 6.23. The molecule has 0 aliphatic heterocycles. The highest BCUT2D eigenvalue weighted by atomic mass is 32.1. The number of aryl methyl sites for hydroxylation is 1. The maximum Gasteiger partial charge on any atom is 0.279 e. The molecule has 2 aromatic carbocycles. The van der Waals surface area contributed by atoms with Crippen LogP contribution in [0.3, 0.4) is 0 Å². The van der Waals surface area contributed by atoms with Crippen molar-refractivity contribution in [1.82, 2.24) is 0 Å². The van der Waals surface area contributed by atoms with E-state index in [9.17, 15) is 0 Å². The number of hydrogen-bond acceptors (Lipinski definition) is 3. The molecule has 0 saturated heterocycles. The molecular weight excluding hydrogens is 230 g/mol. The van der Waals surface area contributed by atoms with Gasteiger partial charge in [0.25, 0.3) is 4.87 Å². The average molecular weight is 241 g/mol. The molecule has 0 aliphatic carbocycles. The molecule has 0 amide bonds. The summed E-state index contributed by atoms with van der Waals surface area (Å²) in [6.45, 7) is 2.08. The standard InChI is InChI=1S/C14H11NOS/c1-10-7-8-12-13(9-10)17-14(16-12)15-11-5-3-2-4-6-11/h2-9H,1H3. The summed E-state index contributed by atoms with van der Waals surface area (Å²) in [6.07, 6.45) is 0. The summed E-state index contributed by atoms with van der Waals surface area (Å²) < 4.78 is 6.82. The van der Waals surface area contributed by atoms with E-state index in [1.54, 1.807) is 11.3 Å². The van der Waals surface area contributed by atoms with Crippen LogP contribution in [0.25, 0.3) is 10.3 Å². The van der Waals surface area contributed by atoms with Gasteiger partial charge in [0, 0.05) is 0 Å². The first kappa shape index (κ1) is 10.3. The first-order chi connectivity index (χ1) is 8.31. The summed E-state index contributed by atoms with van der Waals surface area (Å²) in [5.74, 6) is 0. The van der Waals surface area contributed by atoms with E-state index >= 15 is 0 Å². The molecule has 0 atom stereocenters. The molecule has 0 unspecified atom stereocenters. The maximum atomic E-state index is 5.68. The van der Waals surface area contributed by atoms with Gasteiger partial charge in [-0.2, -0.15) is 0 Å². The monoisotopic (exact) mass is 241 g/mol. The quantitative estimate of drug-likeness (QED) is 0.631. The van der Waals surface area contributed by atoms with Gasteiger partial charge in [0.2, 0.25) is 0 Å². The van der Waals surface area contributed by atoms with E-state index in [0.717, 1.165) is 16.0 Å². The lowest BCUT2D eigenvalue weighted by Gasteiger charge is -1.88. The van der Waals surface area contributed by atoms with Crippen molar-refractivity contribution < 1.29 is 4.42 Å². The van der Waals surface area contributed by atoms with Gasteiger partial charge in [-0.05, 0) is 36.8 Å². The van der Waals surface area contributed by atoms with Crippen LogP contribution in [-0.4, -0.2) is 0 Å². The lowest BCUT2D eigenvalue weighted by Crippen LogP contribution is -1.86. The van der Waals surface area contributed by atoms with Crippen molar-refractivity contribution in [3.05, 3.63) is 59.0 Å². The van der Waals surface area contributed by atoms with Crippen LogP contribution < -0.4 is 4.87 Å². The van der Waals surface area contributed by atoms with Crippen molar-refractivity contribution in [1.29, 1.82) is 0 Å². The molecule has 84 valence electrons. The van der Waals surface area contributed by atoms with Crippen LogP contribution in [0.2, 0.25) is 0 Å². The molecule has 0 fully saturated rings. The third-order valence-corrected chi connectivity index (χ3v) is 3.36. The molecule has 0 saturated carbocycles. The summed E-state index contributed by atoms with van der Waals surface area (Å²) in [7, 11) is 0. The van der Waals surface area contributed by atoms with Crippen LogP contribution in [0, 0.1) is 6.92 Å². The fourth-order valence-electron chi connectivity index (χ4n) is 1.64. The van der Waals surface area contributed by atoms with Crippen molar-refractivity contribution in [2.75, 3.05) is 0 Å². The maximum absolute atomic E-state index is 5.68. The van der Waals surface area contributed by atoms with Crippen molar-refractivity contribution in [2.24, 2.45) is 4.99 Å². The number of rotatable bonds is 1. The molecular formula is C14H11NOS. The van der Waals surface area contributed by atoms with Gasteiger partial charge in [-0.3, -0.25) is 0 Å². The Morgan fingerprint density at radius 3 is 2.71 bits per heavy atom. The Morgan fingerprint density at radius 2 is 1.88 bits per heavy atom. The predicted molar refractivity (Wildman–Crippen MR) is 70.5 cm³/mol. The van der Waals surface area contributed by atoms with Gasteiger partial charge in [-0.1, -0.05) is 35.6 Å². The lowest BCUT2D eigenvalue weighted by atomic mass is 10.2. The number of benzene rings is 2. The fourth-order valence-corrected chi connectivity index (χ4v) is 2.57. The third kappa shape index (κ3) is 2.15. The summed E-state index contributed by atoms with van der Waals surface area (Å²) in [5, 5.41) is 0. The normalized spacial score (nSPS) is 12.2. The zero-order valence-electron chi connectivity index (χ0n) is 9.38. The van der Waals surface area contributed by atoms with E-state index in [2.05, 4.69) is 18.0 Å². The summed E-state index contributed by atoms with van der Waals surface area (Å²) >= 11 is 1.57. The van der Waals surface area contributed by atoms with E-state index in [1.165, 1.54) is 5.56 Å². The summed E-state index contributed by atoms with van der Waals surface area (Å²) in [5.41, 5.74) is 3.05. The highest BCUT2D eigenvalue weighted by Gasteiger charge is 2.00. The SMILES string of the molecule is Cc1ccc2oc(=Nc3ccccc3)sc2c1. The van der Waals surface area contributed by atoms with Crippen LogP contribution in [0.4, 0.5) is 5.69 Å². The van der Waals surface area contributed by atoms with Crippen molar-refractivity contribution in [3.63, 3.8) is 0 Å². The molecule has 17 heavy (non-hydrogen) atoms. The van der Waals surface area contributed by atoms with Crippen molar-refractivity contribution in [3.8, 4) is 0 Å². The average Bonchev–Trinajstić information content (AvgIpc) is 2.71. The molecule has 0 N–H and O–H groups in total. The minimum absolute atomic E-state index is 0.691. The lowest BCUT2D eigenvalue weighted by molar-refractivity contribution is 0.570. The molecule has 3 rings (SSSR count). The topological polar surface area (TPSA) is 25.5 Å².